The van der Waals surface area contributed by atoms with Crippen molar-refractivity contribution in [3.05, 3.63) is 39.9 Å². The molecule has 2 fully saturated rings. The number of piperazine rings is 1. The largest absolute Gasteiger partial charge is 0.421 e. The van der Waals surface area contributed by atoms with Crippen molar-refractivity contribution in [2.45, 2.75) is 37.7 Å². The summed E-state index contributed by atoms with van der Waals surface area (Å²) in [6, 6.07) is 0.363. The molecule has 1 saturated carbocycles. The van der Waals surface area contributed by atoms with E-state index in [0.717, 1.165) is 12.4 Å². The second-order valence-corrected chi connectivity index (χ2v) is 8.43. The van der Waals surface area contributed by atoms with E-state index in [-0.39, 0.29) is 29.6 Å². The highest BCUT2D eigenvalue weighted by Gasteiger charge is 2.37. The second-order valence-electron chi connectivity index (χ2n) is 8.43. The van der Waals surface area contributed by atoms with Gasteiger partial charge in [0.15, 0.2) is 0 Å². The van der Waals surface area contributed by atoms with E-state index in [0.29, 0.717) is 51.5 Å². The van der Waals surface area contributed by atoms with Crippen LogP contribution in [-0.4, -0.2) is 63.2 Å². The monoisotopic (exact) mass is 505 g/mol. The molecule has 2 atom stereocenters. The smallest absolute Gasteiger partial charge is 0.366 e. The van der Waals surface area contributed by atoms with Crippen molar-refractivity contribution in [2.24, 2.45) is 5.92 Å². The minimum Gasteiger partial charge on any atom is -0.366 e. The quantitative estimate of drug-likeness (QED) is 0.615. The molecule has 190 valence electrons. The number of aromatic nitrogens is 4. The Hall–Kier alpha value is -3.39. The summed E-state index contributed by atoms with van der Waals surface area (Å²) in [5.74, 6) is -0.388. The third-order valence-corrected chi connectivity index (χ3v) is 6.08. The minimum absolute atomic E-state index is 0.0901. The number of anilines is 2. The Bertz CT molecular complexity index is 1110. The third-order valence-electron chi connectivity index (χ3n) is 6.08. The van der Waals surface area contributed by atoms with E-state index in [1.165, 1.54) is 0 Å². The molecule has 2 aliphatic rings. The molecule has 15 heteroatoms. The zero-order valence-corrected chi connectivity index (χ0v) is 18.2. The molecule has 0 radical (unpaired) electrons. The van der Waals surface area contributed by atoms with Gasteiger partial charge < -0.3 is 15.1 Å². The van der Waals surface area contributed by atoms with Gasteiger partial charge in [0, 0.05) is 56.6 Å². The van der Waals surface area contributed by atoms with Crippen LogP contribution in [0.5, 0.6) is 0 Å². The molecule has 1 unspecified atom stereocenters. The van der Waals surface area contributed by atoms with Crippen LogP contribution in [0.4, 0.5) is 38.1 Å². The Kier molecular flexibility index (Phi) is 6.60. The Morgan fingerprint density at radius 1 is 1.00 bits per heavy atom. The fourth-order valence-corrected chi connectivity index (χ4v) is 4.25. The number of carbonyl (C=O) groups excluding carboxylic acids is 1. The summed E-state index contributed by atoms with van der Waals surface area (Å²) < 4.78 is 76.8. The number of amides is 1. The molecule has 35 heavy (non-hydrogen) atoms. The van der Waals surface area contributed by atoms with Gasteiger partial charge in [0.1, 0.15) is 11.4 Å². The summed E-state index contributed by atoms with van der Waals surface area (Å²) in [4.78, 5) is 35.2. The Morgan fingerprint density at radius 3 is 2.26 bits per heavy atom. The van der Waals surface area contributed by atoms with Crippen molar-refractivity contribution in [3.63, 3.8) is 0 Å². The number of aromatic amines is 1. The van der Waals surface area contributed by atoms with Crippen LogP contribution >= 0.6 is 0 Å². The maximum Gasteiger partial charge on any atom is 0.421 e. The number of carbonyl (C=O) groups is 1. The molecule has 1 aliphatic carbocycles. The van der Waals surface area contributed by atoms with Gasteiger partial charge in [-0.25, -0.2) is 15.1 Å². The molecule has 4 rings (SSSR count). The molecule has 9 nitrogen and oxygen atoms in total. The van der Waals surface area contributed by atoms with E-state index in [9.17, 15) is 35.9 Å². The van der Waals surface area contributed by atoms with Crippen LogP contribution in [-0.2, 0) is 17.1 Å². The SMILES string of the molecule is O=C(C1CC[C@H](Nc2cc(C(F)(F)F)c(=O)[nH]n2)C1)N1CCN(c2ncc(C(F)(F)F)cn2)CC1. The summed E-state index contributed by atoms with van der Waals surface area (Å²) >= 11 is 0. The normalized spacial score (nSPS) is 21.3. The van der Waals surface area contributed by atoms with Crippen LogP contribution in [0.15, 0.2) is 23.3 Å². The minimum atomic E-state index is -4.81. The van der Waals surface area contributed by atoms with E-state index in [1.54, 1.807) is 9.80 Å². The zero-order chi connectivity index (χ0) is 25.4. The average Bonchev–Trinajstić information content (AvgIpc) is 3.27. The van der Waals surface area contributed by atoms with Crippen molar-refractivity contribution >= 4 is 17.7 Å². The molecular formula is C20H21F6N7O2. The molecular weight excluding hydrogens is 484 g/mol. The van der Waals surface area contributed by atoms with Gasteiger partial charge in [-0.2, -0.15) is 31.4 Å². The number of hydrogen-bond acceptors (Lipinski definition) is 7. The van der Waals surface area contributed by atoms with E-state index in [1.807, 2.05) is 5.10 Å². The van der Waals surface area contributed by atoms with Gasteiger partial charge in [-0.05, 0) is 19.3 Å². The van der Waals surface area contributed by atoms with Crippen molar-refractivity contribution in [2.75, 3.05) is 36.4 Å². The summed E-state index contributed by atoms with van der Waals surface area (Å²) in [6.45, 7) is 1.39. The fourth-order valence-electron chi connectivity index (χ4n) is 4.25. The van der Waals surface area contributed by atoms with E-state index >= 15 is 0 Å². The van der Waals surface area contributed by atoms with Gasteiger partial charge in [0.2, 0.25) is 11.9 Å². The van der Waals surface area contributed by atoms with Crippen LogP contribution in [0, 0.1) is 5.92 Å². The number of H-pyrrole nitrogens is 1. The van der Waals surface area contributed by atoms with Gasteiger partial charge in [-0.15, -0.1) is 0 Å². The van der Waals surface area contributed by atoms with Gasteiger partial charge in [-0.3, -0.25) is 9.59 Å². The first kappa shape index (κ1) is 24.7. The lowest BCUT2D eigenvalue weighted by molar-refractivity contribution is -0.139. The average molecular weight is 505 g/mol. The van der Waals surface area contributed by atoms with Crippen molar-refractivity contribution < 1.29 is 31.1 Å². The molecule has 1 aliphatic heterocycles. The molecule has 0 spiro atoms. The molecule has 1 amide bonds. The molecule has 2 aromatic heterocycles. The molecule has 0 bridgehead atoms. The molecule has 0 aromatic carbocycles. The van der Waals surface area contributed by atoms with Crippen LogP contribution in [0.2, 0.25) is 0 Å². The summed E-state index contributed by atoms with van der Waals surface area (Å²) in [6.07, 6.45) is -6.42. The zero-order valence-electron chi connectivity index (χ0n) is 18.2. The first-order chi connectivity index (χ1) is 16.4. The number of nitrogens with zero attached hydrogens (tertiary/aromatic N) is 5. The number of nitrogens with one attached hydrogen (secondary N) is 2. The van der Waals surface area contributed by atoms with Crippen LogP contribution < -0.4 is 15.8 Å². The van der Waals surface area contributed by atoms with Crippen LogP contribution in [0.3, 0.4) is 0 Å². The topological polar surface area (TPSA) is 107 Å². The van der Waals surface area contributed by atoms with Crippen molar-refractivity contribution in [1.29, 1.82) is 0 Å². The highest BCUT2D eigenvalue weighted by molar-refractivity contribution is 5.79. The highest BCUT2D eigenvalue weighted by atomic mass is 19.4. The molecule has 2 aromatic rings. The summed E-state index contributed by atoms with van der Waals surface area (Å²) in [7, 11) is 0. The van der Waals surface area contributed by atoms with E-state index in [2.05, 4.69) is 20.4 Å². The second kappa shape index (κ2) is 9.34. The summed E-state index contributed by atoms with van der Waals surface area (Å²) in [5.41, 5.74) is -3.62. The van der Waals surface area contributed by atoms with Gasteiger partial charge in [0.05, 0.1) is 5.56 Å². The number of rotatable bonds is 4. The first-order valence-electron chi connectivity index (χ1n) is 10.8. The summed E-state index contributed by atoms with van der Waals surface area (Å²) in [5, 5.41) is 8.29. The Labute approximate surface area is 194 Å². The number of alkyl halides is 6. The lowest BCUT2D eigenvalue weighted by Gasteiger charge is -2.36. The van der Waals surface area contributed by atoms with E-state index < -0.39 is 29.0 Å². The first-order valence-corrected chi connectivity index (χ1v) is 10.8. The lowest BCUT2D eigenvalue weighted by Crippen LogP contribution is -2.50. The van der Waals surface area contributed by atoms with Gasteiger partial charge >= 0.3 is 12.4 Å². The molecule has 3 heterocycles. The molecule has 1 saturated heterocycles. The Morgan fingerprint density at radius 2 is 1.66 bits per heavy atom. The van der Waals surface area contributed by atoms with Crippen molar-refractivity contribution in [1.82, 2.24) is 25.1 Å². The maximum atomic E-state index is 12.9. The predicted octanol–water partition coefficient (Wildman–Crippen LogP) is 2.53. The standard InChI is InChI=1S/C20H21F6N7O2/c21-19(22,23)12-9-27-18(28-10-12)33-5-3-32(4-6-33)17(35)11-1-2-13(7-11)29-15-8-14(20(24,25)26)16(34)31-30-15/h8-11,13H,1-7H2,(H,29,30)(H,31,34)/t11?,13-/m0/s1. The predicted molar refractivity (Wildman–Crippen MR) is 110 cm³/mol. The highest BCUT2D eigenvalue weighted by Crippen LogP contribution is 2.32. The van der Waals surface area contributed by atoms with Gasteiger partial charge in [0.25, 0.3) is 5.56 Å². The maximum absolute atomic E-state index is 12.9. The Balaban J connectivity index is 1.30. The van der Waals surface area contributed by atoms with Crippen LogP contribution in [0.1, 0.15) is 30.4 Å². The van der Waals surface area contributed by atoms with Crippen molar-refractivity contribution in [3.8, 4) is 0 Å². The fraction of sp³-hybridized carbons (Fsp3) is 0.550. The number of hydrogen-bond donors (Lipinski definition) is 2. The van der Waals surface area contributed by atoms with Crippen LogP contribution in [0.25, 0.3) is 0 Å². The van der Waals surface area contributed by atoms with Gasteiger partial charge in [-0.1, -0.05) is 0 Å². The number of halogens is 6. The molecule has 2 N–H and O–H groups in total. The van der Waals surface area contributed by atoms with E-state index in [4.69, 9.17) is 0 Å². The third kappa shape index (κ3) is 5.65. The lowest BCUT2D eigenvalue weighted by atomic mass is 10.1.